The maximum Gasteiger partial charge on any atom is 0.255 e. The van der Waals surface area contributed by atoms with Crippen molar-refractivity contribution in [1.29, 1.82) is 0 Å². The Morgan fingerprint density at radius 3 is 2.07 bits per heavy atom. The number of nitrogens with one attached hydrogen (secondary N) is 1. The Balaban J connectivity index is 2.20. The van der Waals surface area contributed by atoms with E-state index in [0.29, 0.717) is 16.8 Å². The molecule has 0 heterocycles. The first kappa shape index (κ1) is 20.7. The predicted molar refractivity (Wildman–Crippen MR) is 111 cm³/mol. The van der Waals surface area contributed by atoms with Crippen LogP contribution in [-0.4, -0.2) is 29.8 Å². The van der Waals surface area contributed by atoms with Crippen LogP contribution >= 0.6 is 0 Å². The smallest absolute Gasteiger partial charge is 0.255 e. The number of rotatable bonds is 9. The van der Waals surface area contributed by atoms with Gasteiger partial charge in [-0.3, -0.25) is 9.59 Å². The zero-order valence-corrected chi connectivity index (χ0v) is 16.6. The number of anilines is 1. The van der Waals surface area contributed by atoms with Gasteiger partial charge in [0.1, 0.15) is 0 Å². The lowest BCUT2D eigenvalue weighted by atomic mass is 10.1. The number of amides is 2. The molecule has 0 bridgehead atoms. The number of para-hydroxylation sites is 1. The number of benzene rings is 2. The van der Waals surface area contributed by atoms with Crippen LogP contribution < -0.4 is 5.32 Å². The second-order valence-corrected chi connectivity index (χ2v) is 6.87. The van der Waals surface area contributed by atoms with Crippen LogP contribution in [0.4, 0.5) is 5.69 Å². The van der Waals surface area contributed by atoms with E-state index in [1.54, 1.807) is 24.3 Å². The van der Waals surface area contributed by atoms with Gasteiger partial charge in [-0.15, -0.1) is 0 Å². The lowest BCUT2D eigenvalue weighted by molar-refractivity contribution is 0.0752. The third kappa shape index (κ3) is 5.95. The molecule has 0 saturated heterocycles. The molecule has 2 aromatic rings. The van der Waals surface area contributed by atoms with E-state index in [1.165, 1.54) is 0 Å². The number of hydrogen-bond donors (Lipinski definition) is 1. The summed E-state index contributed by atoms with van der Waals surface area (Å²) in [6.45, 7) is 7.72. The highest BCUT2D eigenvalue weighted by Crippen LogP contribution is 2.19. The van der Waals surface area contributed by atoms with Crippen LogP contribution in [0.15, 0.2) is 48.5 Å². The molecule has 4 nitrogen and oxygen atoms in total. The van der Waals surface area contributed by atoms with Gasteiger partial charge in [0, 0.05) is 18.7 Å². The van der Waals surface area contributed by atoms with Crippen LogP contribution in [-0.2, 0) is 0 Å². The van der Waals surface area contributed by atoms with E-state index in [1.807, 2.05) is 36.1 Å². The normalized spacial score (nSPS) is 10.5. The molecule has 0 aromatic heterocycles. The lowest BCUT2D eigenvalue weighted by Crippen LogP contribution is -2.33. The Hall–Kier alpha value is -2.62. The van der Waals surface area contributed by atoms with Crippen molar-refractivity contribution in [3.05, 3.63) is 65.2 Å². The molecular weight excluding hydrogens is 336 g/mol. The first-order valence-corrected chi connectivity index (χ1v) is 9.83. The minimum absolute atomic E-state index is 0.0169. The SMILES string of the molecule is CCCCN(CCCC)C(=O)c1ccccc1NC(=O)c1ccc(C)cc1. The summed E-state index contributed by atoms with van der Waals surface area (Å²) in [5, 5.41) is 2.91. The molecule has 0 aliphatic carbocycles. The van der Waals surface area contributed by atoms with Crippen LogP contribution in [0, 0.1) is 6.92 Å². The molecule has 2 aromatic carbocycles. The molecule has 0 radical (unpaired) electrons. The third-order valence-electron chi connectivity index (χ3n) is 4.57. The van der Waals surface area contributed by atoms with Crippen molar-refractivity contribution in [2.45, 2.75) is 46.5 Å². The largest absolute Gasteiger partial charge is 0.339 e. The van der Waals surface area contributed by atoms with Gasteiger partial charge in [-0.2, -0.15) is 0 Å². The molecule has 0 atom stereocenters. The van der Waals surface area contributed by atoms with Gasteiger partial charge < -0.3 is 10.2 Å². The molecule has 0 aliphatic rings. The van der Waals surface area contributed by atoms with Gasteiger partial charge in [0.15, 0.2) is 0 Å². The number of nitrogens with zero attached hydrogens (tertiary/aromatic N) is 1. The van der Waals surface area contributed by atoms with E-state index in [0.717, 1.165) is 44.3 Å². The summed E-state index contributed by atoms with van der Waals surface area (Å²) in [7, 11) is 0. The van der Waals surface area contributed by atoms with Crippen molar-refractivity contribution >= 4 is 17.5 Å². The van der Waals surface area contributed by atoms with Crippen molar-refractivity contribution < 1.29 is 9.59 Å². The molecule has 1 N–H and O–H groups in total. The summed E-state index contributed by atoms with van der Waals surface area (Å²) in [6.07, 6.45) is 4.05. The fraction of sp³-hybridized carbons (Fsp3) is 0.391. The molecule has 144 valence electrons. The zero-order valence-electron chi connectivity index (χ0n) is 16.6. The van der Waals surface area contributed by atoms with Crippen molar-refractivity contribution in [3.63, 3.8) is 0 Å². The summed E-state index contributed by atoms with van der Waals surface area (Å²) >= 11 is 0. The Kier molecular flexibility index (Phi) is 8.05. The number of carbonyl (C=O) groups is 2. The highest BCUT2D eigenvalue weighted by Gasteiger charge is 2.19. The number of unbranched alkanes of at least 4 members (excludes halogenated alkanes) is 2. The monoisotopic (exact) mass is 366 g/mol. The molecule has 0 aliphatic heterocycles. The third-order valence-corrected chi connectivity index (χ3v) is 4.57. The van der Waals surface area contributed by atoms with E-state index in [2.05, 4.69) is 19.2 Å². The summed E-state index contributed by atoms with van der Waals surface area (Å²) in [5.74, 6) is -0.222. The Morgan fingerprint density at radius 1 is 0.889 bits per heavy atom. The van der Waals surface area contributed by atoms with Crippen LogP contribution in [0.2, 0.25) is 0 Å². The summed E-state index contributed by atoms with van der Waals surface area (Å²) in [4.78, 5) is 27.6. The van der Waals surface area contributed by atoms with Gasteiger partial charge >= 0.3 is 0 Å². The van der Waals surface area contributed by atoms with Gasteiger partial charge in [0.2, 0.25) is 0 Å². The standard InChI is InChI=1S/C23H30N2O2/c1-4-6-16-25(17-7-5-2)23(27)20-10-8-9-11-21(20)24-22(26)19-14-12-18(3)13-15-19/h8-15H,4-7,16-17H2,1-3H3,(H,24,26). The average molecular weight is 367 g/mol. The van der Waals surface area contributed by atoms with Crippen LogP contribution in [0.5, 0.6) is 0 Å². The number of aryl methyl sites for hydroxylation is 1. The van der Waals surface area contributed by atoms with Crippen molar-refractivity contribution in [2.75, 3.05) is 18.4 Å². The second kappa shape index (κ2) is 10.5. The van der Waals surface area contributed by atoms with Crippen molar-refractivity contribution in [3.8, 4) is 0 Å². The molecule has 4 heteroatoms. The van der Waals surface area contributed by atoms with Gasteiger partial charge in [0.05, 0.1) is 11.3 Å². The van der Waals surface area contributed by atoms with Crippen molar-refractivity contribution in [1.82, 2.24) is 4.90 Å². The minimum atomic E-state index is -0.205. The maximum atomic E-state index is 13.1. The summed E-state index contributed by atoms with van der Waals surface area (Å²) < 4.78 is 0. The predicted octanol–water partition coefficient (Wildman–Crippen LogP) is 5.29. The van der Waals surface area contributed by atoms with Gasteiger partial charge in [-0.1, -0.05) is 56.5 Å². The fourth-order valence-electron chi connectivity index (χ4n) is 2.86. The summed E-state index contributed by atoms with van der Waals surface area (Å²) in [5.41, 5.74) is 2.79. The maximum absolute atomic E-state index is 13.1. The van der Waals surface area contributed by atoms with E-state index in [-0.39, 0.29) is 11.8 Å². The highest BCUT2D eigenvalue weighted by atomic mass is 16.2. The molecule has 0 fully saturated rings. The van der Waals surface area contributed by atoms with E-state index in [9.17, 15) is 9.59 Å². The Morgan fingerprint density at radius 2 is 1.48 bits per heavy atom. The highest BCUT2D eigenvalue weighted by molar-refractivity contribution is 6.09. The second-order valence-electron chi connectivity index (χ2n) is 6.87. The van der Waals surface area contributed by atoms with Crippen LogP contribution in [0.3, 0.4) is 0 Å². The molecule has 2 rings (SSSR count). The lowest BCUT2D eigenvalue weighted by Gasteiger charge is -2.23. The number of carbonyl (C=O) groups excluding carboxylic acids is 2. The van der Waals surface area contributed by atoms with Gasteiger partial charge in [0.25, 0.3) is 11.8 Å². The molecule has 2 amide bonds. The van der Waals surface area contributed by atoms with E-state index < -0.39 is 0 Å². The number of hydrogen-bond acceptors (Lipinski definition) is 2. The first-order valence-electron chi connectivity index (χ1n) is 9.83. The minimum Gasteiger partial charge on any atom is -0.339 e. The first-order chi connectivity index (χ1) is 13.1. The molecular formula is C23H30N2O2. The van der Waals surface area contributed by atoms with Gasteiger partial charge in [-0.25, -0.2) is 0 Å². The molecule has 0 spiro atoms. The Bertz CT molecular complexity index is 745. The summed E-state index contributed by atoms with van der Waals surface area (Å²) in [6, 6.07) is 14.7. The fourth-order valence-corrected chi connectivity index (χ4v) is 2.86. The average Bonchev–Trinajstić information content (AvgIpc) is 2.68. The zero-order chi connectivity index (χ0) is 19.6. The molecule has 0 saturated carbocycles. The molecule has 27 heavy (non-hydrogen) atoms. The quantitative estimate of drug-likeness (QED) is 0.655. The van der Waals surface area contributed by atoms with Gasteiger partial charge in [-0.05, 0) is 44.0 Å². The topological polar surface area (TPSA) is 49.4 Å². The van der Waals surface area contributed by atoms with Crippen LogP contribution in [0.1, 0.15) is 65.8 Å². The van der Waals surface area contributed by atoms with Crippen LogP contribution in [0.25, 0.3) is 0 Å². The van der Waals surface area contributed by atoms with E-state index >= 15 is 0 Å². The van der Waals surface area contributed by atoms with Crippen molar-refractivity contribution in [2.24, 2.45) is 0 Å². The molecule has 0 unspecified atom stereocenters. The Labute approximate surface area is 162 Å². The van der Waals surface area contributed by atoms with E-state index in [4.69, 9.17) is 0 Å².